The zero-order valence-corrected chi connectivity index (χ0v) is 11.8. The minimum atomic E-state index is 0.646. The molecule has 3 rings (SSSR count). The summed E-state index contributed by atoms with van der Waals surface area (Å²) in [7, 11) is 0. The summed E-state index contributed by atoms with van der Waals surface area (Å²) in [6.45, 7) is 2.09. The summed E-state index contributed by atoms with van der Waals surface area (Å²) in [5.74, 6) is 0. The summed E-state index contributed by atoms with van der Waals surface area (Å²) < 4.78 is 0. The lowest BCUT2D eigenvalue weighted by Crippen LogP contribution is -1.92. The number of rotatable bonds is 2. The highest BCUT2D eigenvalue weighted by Gasteiger charge is 2.18. The van der Waals surface area contributed by atoms with Gasteiger partial charge in [0.2, 0.25) is 0 Å². The number of nitriles is 1. The summed E-state index contributed by atoms with van der Waals surface area (Å²) in [4.78, 5) is 1.82. The second kappa shape index (κ2) is 4.71. The average molecular weight is 268 g/mol. The minimum absolute atomic E-state index is 0.646. The first-order valence-electron chi connectivity index (χ1n) is 6.68. The van der Waals surface area contributed by atoms with Crippen molar-refractivity contribution >= 4 is 17.0 Å². The van der Waals surface area contributed by atoms with Gasteiger partial charge in [-0.15, -0.1) is 11.3 Å². The van der Waals surface area contributed by atoms with Crippen molar-refractivity contribution in [3.8, 4) is 16.5 Å². The lowest BCUT2D eigenvalue weighted by atomic mass is 10.0. The first-order valence-corrected chi connectivity index (χ1v) is 7.49. The topological polar surface area (TPSA) is 49.8 Å². The van der Waals surface area contributed by atoms with E-state index in [0.717, 1.165) is 12.0 Å². The molecule has 2 nitrogen and oxygen atoms in total. The second-order valence-corrected chi connectivity index (χ2v) is 5.98. The van der Waals surface area contributed by atoms with E-state index in [1.165, 1.54) is 52.2 Å². The van der Waals surface area contributed by atoms with Gasteiger partial charge in [-0.1, -0.05) is 25.1 Å². The highest BCUT2D eigenvalue weighted by atomic mass is 32.1. The van der Waals surface area contributed by atoms with E-state index < -0.39 is 0 Å². The fraction of sp³-hybridized carbons (Fsp3) is 0.312. The molecule has 1 aliphatic carbocycles. The maximum Gasteiger partial charge on any atom is 0.128 e. The molecule has 0 spiro atoms. The third-order valence-corrected chi connectivity index (χ3v) is 5.07. The number of nitrogens with two attached hydrogens (primary N) is 1. The van der Waals surface area contributed by atoms with Crippen LogP contribution in [0.1, 0.15) is 34.9 Å². The van der Waals surface area contributed by atoms with Crippen molar-refractivity contribution in [3.05, 3.63) is 39.8 Å². The zero-order chi connectivity index (χ0) is 13.4. The fourth-order valence-electron chi connectivity index (χ4n) is 2.86. The van der Waals surface area contributed by atoms with Gasteiger partial charge in [0.15, 0.2) is 0 Å². The van der Waals surface area contributed by atoms with E-state index in [1.807, 2.05) is 0 Å². The lowest BCUT2D eigenvalue weighted by molar-refractivity contribution is 0.912. The van der Waals surface area contributed by atoms with Crippen LogP contribution in [-0.2, 0) is 19.3 Å². The molecule has 0 fully saturated rings. The van der Waals surface area contributed by atoms with Crippen LogP contribution >= 0.6 is 11.3 Å². The van der Waals surface area contributed by atoms with Gasteiger partial charge in [0, 0.05) is 4.88 Å². The van der Waals surface area contributed by atoms with Gasteiger partial charge in [0.05, 0.1) is 5.69 Å². The van der Waals surface area contributed by atoms with Crippen molar-refractivity contribution in [1.82, 2.24) is 0 Å². The van der Waals surface area contributed by atoms with Crippen LogP contribution in [0.15, 0.2) is 18.2 Å². The molecule has 0 radical (unpaired) electrons. The summed E-state index contributed by atoms with van der Waals surface area (Å²) in [6.07, 6.45) is 4.51. The SMILES string of the molecule is CCc1c(-c2ccc3c(c2)CCC3)sc(C#N)c1N. The normalized spacial score (nSPS) is 13.3. The number of benzene rings is 1. The Labute approximate surface area is 117 Å². The molecular weight excluding hydrogens is 252 g/mol. The van der Waals surface area contributed by atoms with Crippen LogP contribution in [0.2, 0.25) is 0 Å². The smallest absolute Gasteiger partial charge is 0.128 e. The highest BCUT2D eigenvalue weighted by Crippen LogP contribution is 2.39. The fourth-order valence-corrected chi connectivity index (χ4v) is 3.96. The van der Waals surface area contributed by atoms with Crippen molar-refractivity contribution in [2.45, 2.75) is 32.6 Å². The molecule has 0 saturated carbocycles. The van der Waals surface area contributed by atoms with Gasteiger partial charge in [0.25, 0.3) is 0 Å². The van der Waals surface area contributed by atoms with Crippen molar-refractivity contribution in [2.24, 2.45) is 0 Å². The van der Waals surface area contributed by atoms with Gasteiger partial charge in [0.1, 0.15) is 10.9 Å². The highest BCUT2D eigenvalue weighted by molar-refractivity contribution is 7.16. The number of aryl methyl sites for hydroxylation is 2. The molecule has 0 amide bonds. The predicted octanol–water partition coefficient (Wildman–Crippen LogP) is 3.92. The Balaban J connectivity index is 2.14. The average Bonchev–Trinajstić information content (AvgIpc) is 3.01. The van der Waals surface area contributed by atoms with Crippen LogP contribution in [0.3, 0.4) is 0 Å². The molecular formula is C16H16N2S. The van der Waals surface area contributed by atoms with Gasteiger partial charge in [-0.2, -0.15) is 5.26 Å². The zero-order valence-electron chi connectivity index (χ0n) is 11.0. The predicted molar refractivity (Wildman–Crippen MR) is 80.3 cm³/mol. The van der Waals surface area contributed by atoms with Crippen LogP contribution in [0, 0.1) is 11.3 Å². The molecule has 0 aliphatic heterocycles. The van der Waals surface area contributed by atoms with Crippen LogP contribution in [0.25, 0.3) is 10.4 Å². The number of hydrogen-bond donors (Lipinski definition) is 1. The van der Waals surface area contributed by atoms with E-state index in [0.29, 0.717) is 10.6 Å². The summed E-state index contributed by atoms with van der Waals surface area (Å²) >= 11 is 1.52. The summed E-state index contributed by atoms with van der Waals surface area (Å²) in [6, 6.07) is 8.90. The van der Waals surface area contributed by atoms with Gasteiger partial charge < -0.3 is 5.73 Å². The third kappa shape index (κ3) is 1.93. The molecule has 0 bridgehead atoms. The molecule has 2 aromatic rings. The standard InChI is InChI=1S/C16H16N2S/c1-2-13-15(18)14(9-17)19-16(13)12-7-6-10-4-3-5-11(10)8-12/h6-8H,2-5,18H2,1H3. The van der Waals surface area contributed by atoms with E-state index in [2.05, 4.69) is 31.2 Å². The number of nitrogen functional groups attached to an aromatic ring is 1. The number of nitrogens with zero attached hydrogens (tertiary/aromatic N) is 1. The van der Waals surface area contributed by atoms with E-state index in [-0.39, 0.29) is 0 Å². The van der Waals surface area contributed by atoms with Crippen LogP contribution in [0.4, 0.5) is 5.69 Å². The van der Waals surface area contributed by atoms with Crippen LogP contribution in [-0.4, -0.2) is 0 Å². The lowest BCUT2D eigenvalue weighted by Gasteiger charge is -2.06. The largest absolute Gasteiger partial charge is 0.397 e. The van der Waals surface area contributed by atoms with E-state index >= 15 is 0 Å². The Bertz CT molecular complexity index is 677. The van der Waals surface area contributed by atoms with Gasteiger partial charge in [-0.25, -0.2) is 0 Å². The molecule has 0 atom stereocenters. The molecule has 1 aromatic carbocycles. The number of anilines is 1. The van der Waals surface area contributed by atoms with Crippen molar-refractivity contribution in [2.75, 3.05) is 5.73 Å². The monoisotopic (exact) mass is 268 g/mol. The molecule has 1 aromatic heterocycles. The minimum Gasteiger partial charge on any atom is -0.397 e. The summed E-state index contributed by atoms with van der Waals surface area (Å²) in [5.41, 5.74) is 12.0. The molecule has 2 N–H and O–H groups in total. The number of hydrogen-bond acceptors (Lipinski definition) is 3. The van der Waals surface area contributed by atoms with Gasteiger partial charge in [-0.3, -0.25) is 0 Å². The Morgan fingerprint density at radius 1 is 1.32 bits per heavy atom. The molecule has 1 aliphatic rings. The van der Waals surface area contributed by atoms with Gasteiger partial charge in [-0.05, 0) is 47.9 Å². The maximum absolute atomic E-state index is 9.13. The number of fused-ring (bicyclic) bond motifs is 1. The van der Waals surface area contributed by atoms with Crippen molar-refractivity contribution in [3.63, 3.8) is 0 Å². The molecule has 0 saturated heterocycles. The Hall–Kier alpha value is -1.79. The Kier molecular flexibility index (Phi) is 3.04. The Morgan fingerprint density at radius 2 is 2.11 bits per heavy atom. The second-order valence-electron chi connectivity index (χ2n) is 4.95. The maximum atomic E-state index is 9.13. The van der Waals surface area contributed by atoms with Gasteiger partial charge >= 0.3 is 0 Å². The van der Waals surface area contributed by atoms with Crippen molar-refractivity contribution < 1.29 is 0 Å². The molecule has 1 heterocycles. The van der Waals surface area contributed by atoms with E-state index in [9.17, 15) is 0 Å². The quantitative estimate of drug-likeness (QED) is 0.897. The summed E-state index contributed by atoms with van der Waals surface area (Å²) in [5, 5.41) is 9.13. The van der Waals surface area contributed by atoms with Crippen molar-refractivity contribution in [1.29, 1.82) is 5.26 Å². The first kappa shape index (κ1) is 12.3. The first-order chi connectivity index (χ1) is 9.24. The van der Waals surface area contributed by atoms with Crippen LogP contribution < -0.4 is 5.73 Å². The molecule has 96 valence electrons. The number of thiophene rings is 1. The van der Waals surface area contributed by atoms with E-state index in [1.54, 1.807) is 0 Å². The molecule has 3 heteroatoms. The van der Waals surface area contributed by atoms with E-state index in [4.69, 9.17) is 11.0 Å². The third-order valence-electron chi connectivity index (χ3n) is 3.86. The molecule has 19 heavy (non-hydrogen) atoms. The van der Waals surface area contributed by atoms with Crippen LogP contribution in [0.5, 0.6) is 0 Å². The molecule has 0 unspecified atom stereocenters. The Morgan fingerprint density at radius 3 is 2.84 bits per heavy atom.